The summed E-state index contributed by atoms with van der Waals surface area (Å²) in [6.07, 6.45) is 5.84. The highest BCUT2D eigenvalue weighted by atomic mass is 16.5. The van der Waals surface area contributed by atoms with E-state index < -0.39 is 0 Å². The Balaban J connectivity index is 1.40. The van der Waals surface area contributed by atoms with E-state index >= 15 is 0 Å². The van der Waals surface area contributed by atoms with Crippen molar-refractivity contribution in [2.75, 3.05) is 5.32 Å². The molecule has 126 valence electrons. The average molecular weight is 334 g/mol. The monoisotopic (exact) mass is 334 g/mol. The number of pyridine rings is 1. The third-order valence-corrected chi connectivity index (χ3v) is 4.34. The van der Waals surface area contributed by atoms with Crippen molar-refractivity contribution in [3.63, 3.8) is 0 Å². The Hall–Kier alpha value is -3.08. The molecule has 2 aromatic heterocycles. The molecule has 0 aliphatic heterocycles. The van der Waals surface area contributed by atoms with Gasteiger partial charge in [-0.1, -0.05) is 0 Å². The number of anilines is 1. The summed E-state index contributed by atoms with van der Waals surface area (Å²) in [6, 6.07) is 13.1. The summed E-state index contributed by atoms with van der Waals surface area (Å²) in [7, 11) is 0. The van der Waals surface area contributed by atoms with Gasteiger partial charge >= 0.3 is 0 Å². The summed E-state index contributed by atoms with van der Waals surface area (Å²) in [5, 5.41) is 2.98. The van der Waals surface area contributed by atoms with E-state index in [0.29, 0.717) is 5.75 Å². The predicted octanol–water partition coefficient (Wildman–Crippen LogP) is 4.52. The van der Waals surface area contributed by atoms with Crippen LogP contribution in [0.1, 0.15) is 23.7 Å². The maximum absolute atomic E-state index is 12.4. The number of amides is 1. The predicted molar refractivity (Wildman–Crippen MR) is 93.7 cm³/mol. The van der Waals surface area contributed by atoms with Crippen molar-refractivity contribution in [3.05, 3.63) is 72.4 Å². The van der Waals surface area contributed by atoms with Gasteiger partial charge in [0.25, 0.3) is 0 Å². The van der Waals surface area contributed by atoms with E-state index in [1.807, 2.05) is 49.4 Å². The molecule has 1 amide bonds. The molecular formula is C20H18N2O3. The van der Waals surface area contributed by atoms with Gasteiger partial charge in [0, 0.05) is 23.7 Å². The number of ether oxygens (including phenoxy) is 1. The number of carbonyl (C=O) groups is 1. The number of aryl methyl sites for hydroxylation is 1. The van der Waals surface area contributed by atoms with Gasteiger partial charge < -0.3 is 14.5 Å². The first-order valence-electron chi connectivity index (χ1n) is 8.23. The van der Waals surface area contributed by atoms with E-state index in [4.69, 9.17) is 9.15 Å². The number of carbonyl (C=O) groups excluding carboxylic acids is 1. The van der Waals surface area contributed by atoms with Crippen LogP contribution < -0.4 is 10.1 Å². The van der Waals surface area contributed by atoms with Gasteiger partial charge in [0.05, 0.1) is 12.5 Å². The second kappa shape index (κ2) is 6.43. The molecule has 0 radical (unpaired) electrons. The van der Waals surface area contributed by atoms with Crippen molar-refractivity contribution in [2.45, 2.75) is 19.3 Å². The van der Waals surface area contributed by atoms with Crippen molar-refractivity contribution in [3.8, 4) is 11.5 Å². The van der Waals surface area contributed by atoms with E-state index in [1.165, 1.54) is 0 Å². The van der Waals surface area contributed by atoms with Gasteiger partial charge in [0.2, 0.25) is 5.91 Å². The van der Waals surface area contributed by atoms with Gasteiger partial charge in [-0.3, -0.25) is 9.78 Å². The molecule has 2 atom stereocenters. The summed E-state index contributed by atoms with van der Waals surface area (Å²) in [5.74, 6) is 2.52. The SMILES string of the molecule is Cc1cc(NC(=O)[C@H]2C[C@@H]2c2ccco2)ccc1Oc1cccnc1. The molecule has 1 fully saturated rings. The molecule has 3 aromatic rings. The Morgan fingerprint density at radius 2 is 2.20 bits per heavy atom. The van der Waals surface area contributed by atoms with Crippen LogP contribution in [0.25, 0.3) is 0 Å². The maximum Gasteiger partial charge on any atom is 0.228 e. The molecule has 5 nitrogen and oxygen atoms in total. The van der Waals surface area contributed by atoms with E-state index in [9.17, 15) is 4.79 Å². The highest BCUT2D eigenvalue weighted by Gasteiger charge is 2.45. The van der Waals surface area contributed by atoms with Crippen LogP contribution in [-0.4, -0.2) is 10.9 Å². The fourth-order valence-corrected chi connectivity index (χ4v) is 2.91. The fraction of sp³-hybridized carbons (Fsp3) is 0.200. The van der Waals surface area contributed by atoms with E-state index in [-0.39, 0.29) is 17.7 Å². The van der Waals surface area contributed by atoms with Gasteiger partial charge in [0.15, 0.2) is 0 Å². The molecule has 2 heterocycles. The molecule has 0 saturated heterocycles. The first kappa shape index (κ1) is 15.4. The first-order valence-corrected chi connectivity index (χ1v) is 8.23. The van der Waals surface area contributed by atoms with Crippen LogP contribution in [0, 0.1) is 12.8 Å². The maximum atomic E-state index is 12.4. The fourth-order valence-electron chi connectivity index (χ4n) is 2.91. The van der Waals surface area contributed by atoms with E-state index in [0.717, 1.165) is 29.2 Å². The van der Waals surface area contributed by atoms with Gasteiger partial charge in [-0.25, -0.2) is 0 Å². The van der Waals surface area contributed by atoms with Crippen molar-refractivity contribution in [2.24, 2.45) is 5.92 Å². The van der Waals surface area contributed by atoms with Gasteiger partial charge in [0.1, 0.15) is 17.3 Å². The summed E-state index contributed by atoms with van der Waals surface area (Å²) in [5.41, 5.74) is 1.71. The molecule has 0 unspecified atom stereocenters. The van der Waals surface area contributed by atoms with Crippen LogP contribution in [0.2, 0.25) is 0 Å². The molecule has 1 aromatic carbocycles. The van der Waals surface area contributed by atoms with Crippen molar-refractivity contribution >= 4 is 11.6 Å². The minimum Gasteiger partial charge on any atom is -0.469 e. The molecule has 1 aliphatic carbocycles. The van der Waals surface area contributed by atoms with E-state index in [1.54, 1.807) is 18.7 Å². The smallest absolute Gasteiger partial charge is 0.228 e. The molecule has 0 bridgehead atoms. The summed E-state index contributed by atoms with van der Waals surface area (Å²) in [4.78, 5) is 16.4. The number of nitrogens with one attached hydrogen (secondary N) is 1. The van der Waals surface area contributed by atoms with Gasteiger partial charge in [-0.15, -0.1) is 0 Å². The molecule has 4 rings (SSSR count). The summed E-state index contributed by atoms with van der Waals surface area (Å²) >= 11 is 0. The minimum atomic E-state index is -0.0159. The van der Waals surface area contributed by atoms with Gasteiger partial charge in [-0.05, 0) is 61.4 Å². The summed E-state index contributed by atoms with van der Waals surface area (Å²) in [6.45, 7) is 1.95. The topological polar surface area (TPSA) is 64.4 Å². The summed E-state index contributed by atoms with van der Waals surface area (Å²) < 4.78 is 11.2. The van der Waals surface area contributed by atoms with Crippen molar-refractivity contribution in [1.29, 1.82) is 0 Å². The lowest BCUT2D eigenvalue weighted by Gasteiger charge is -2.11. The van der Waals surface area contributed by atoms with Crippen LogP contribution in [0.3, 0.4) is 0 Å². The van der Waals surface area contributed by atoms with Crippen LogP contribution >= 0.6 is 0 Å². The van der Waals surface area contributed by atoms with Crippen LogP contribution in [0.5, 0.6) is 11.5 Å². The normalized spacial score (nSPS) is 18.6. The highest BCUT2D eigenvalue weighted by Crippen LogP contribution is 2.48. The number of hydrogen-bond donors (Lipinski definition) is 1. The number of furan rings is 1. The standard InChI is InChI=1S/C20H18N2O3/c1-13-10-14(6-7-18(13)25-15-4-2-8-21-12-15)22-20(23)17-11-16(17)19-5-3-9-24-19/h2-10,12,16-17H,11H2,1H3,(H,22,23)/t16-,17-/m0/s1. The van der Waals surface area contributed by atoms with Crippen LogP contribution in [0.4, 0.5) is 5.69 Å². The number of rotatable bonds is 5. The Morgan fingerprint density at radius 1 is 1.28 bits per heavy atom. The second-order valence-electron chi connectivity index (χ2n) is 6.22. The molecule has 1 aliphatic rings. The lowest BCUT2D eigenvalue weighted by atomic mass is 10.2. The lowest BCUT2D eigenvalue weighted by Crippen LogP contribution is -2.14. The number of aromatic nitrogens is 1. The molecule has 1 N–H and O–H groups in total. The number of hydrogen-bond acceptors (Lipinski definition) is 4. The molecule has 1 saturated carbocycles. The van der Waals surface area contributed by atoms with Crippen molar-refractivity contribution < 1.29 is 13.9 Å². The molecule has 5 heteroatoms. The number of nitrogens with zero attached hydrogens (tertiary/aromatic N) is 1. The van der Waals surface area contributed by atoms with Crippen LogP contribution in [-0.2, 0) is 4.79 Å². The lowest BCUT2D eigenvalue weighted by molar-refractivity contribution is -0.117. The minimum absolute atomic E-state index is 0.0159. The third kappa shape index (κ3) is 3.40. The zero-order valence-corrected chi connectivity index (χ0v) is 13.8. The Labute approximate surface area is 145 Å². The third-order valence-electron chi connectivity index (χ3n) is 4.34. The number of benzene rings is 1. The Bertz CT molecular complexity index is 875. The van der Waals surface area contributed by atoms with Gasteiger partial charge in [-0.2, -0.15) is 0 Å². The zero-order chi connectivity index (χ0) is 17.2. The first-order chi connectivity index (χ1) is 12.2. The van der Waals surface area contributed by atoms with Crippen molar-refractivity contribution in [1.82, 2.24) is 4.98 Å². The quantitative estimate of drug-likeness (QED) is 0.745. The average Bonchev–Trinajstić information content (AvgIpc) is 3.24. The molecule has 25 heavy (non-hydrogen) atoms. The highest BCUT2D eigenvalue weighted by molar-refractivity contribution is 5.95. The molecule has 0 spiro atoms. The largest absolute Gasteiger partial charge is 0.469 e. The van der Waals surface area contributed by atoms with Crippen LogP contribution in [0.15, 0.2) is 65.5 Å². The van der Waals surface area contributed by atoms with E-state index in [2.05, 4.69) is 10.3 Å². The Kier molecular flexibility index (Phi) is 3.98. The Morgan fingerprint density at radius 3 is 2.92 bits per heavy atom. The molecular weight excluding hydrogens is 316 g/mol. The second-order valence-corrected chi connectivity index (χ2v) is 6.22. The zero-order valence-electron chi connectivity index (χ0n) is 13.8.